The molecule has 1 heterocycles. The van der Waals surface area contributed by atoms with E-state index in [1.165, 1.54) is 6.42 Å². The van der Waals surface area contributed by atoms with Crippen LogP contribution in [0.1, 0.15) is 25.3 Å². The molecule has 0 aromatic heterocycles. The highest BCUT2D eigenvalue weighted by Gasteiger charge is 2.18. The van der Waals surface area contributed by atoms with Crippen molar-refractivity contribution in [1.82, 2.24) is 4.90 Å². The first-order valence-electron chi connectivity index (χ1n) is 6.28. The number of amides is 1. The summed E-state index contributed by atoms with van der Waals surface area (Å²) in [4.78, 5) is 13.9. The molecule has 2 nitrogen and oxygen atoms in total. The van der Waals surface area contributed by atoms with Crippen LogP contribution in [0.5, 0.6) is 0 Å². The van der Waals surface area contributed by atoms with Gasteiger partial charge in [0, 0.05) is 19.2 Å². The molecule has 0 radical (unpaired) electrons. The Balaban J connectivity index is 1.94. The van der Waals surface area contributed by atoms with Crippen LogP contribution in [0.4, 0.5) is 0 Å². The van der Waals surface area contributed by atoms with Crippen molar-refractivity contribution in [3.8, 4) is 0 Å². The molecule has 1 aliphatic heterocycles. The number of hydrogen-bond donors (Lipinski definition) is 0. The highest BCUT2D eigenvalue weighted by Crippen LogP contribution is 2.15. The predicted octanol–water partition coefficient (Wildman–Crippen LogP) is 2.96. The fourth-order valence-corrected chi connectivity index (χ4v) is 2.23. The summed E-state index contributed by atoms with van der Waals surface area (Å²) in [5.41, 5.74) is 1.07. The van der Waals surface area contributed by atoms with E-state index in [-0.39, 0.29) is 5.91 Å². The maximum Gasteiger partial charge on any atom is 0.246 e. The Hall–Kier alpha value is -1.57. The predicted molar refractivity (Wildman–Crippen MR) is 70.5 cm³/mol. The van der Waals surface area contributed by atoms with E-state index >= 15 is 0 Å². The molecule has 1 aromatic rings. The van der Waals surface area contributed by atoms with Crippen LogP contribution in [-0.4, -0.2) is 23.9 Å². The highest BCUT2D eigenvalue weighted by molar-refractivity contribution is 5.91. The van der Waals surface area contributed by atoms with Gasteiger partial charge in [0.1, 0.15) is 0 Å². The summed E-state index contributed by atoms with van der Waals surface area (Å²) in [6.45, 7) is 4.01. The Morgan fingerprint density at radius 2 is 2.12 bits per heavy atom. The molecular formula is C15H19NO. The van der Waals surface area contributed by atoms with Crippen molar-refractivity contribution >= 4 is 12.0 Å². The van der Waals surface area contributed by atoms with E-state index in [0.29, 0.717) is 5.92 Å². The summed E-state index contributed by atoms with van der Waals surface area (Å²) in [6, 6.07) is 9.94. The Kier molecular flexibility index (Phi) is 3.97. The maximum absolute atomic E-state index is 12.0. The minimum Gasteiger partial charge on any atom is -0.339 e. The topological polar surface area (TPSA) is 20.3 Å². The minimum absolute atomic E-state index is 0.139. The van der Waals surface area contributed by atoms with Gasteiger partial charge >= 0.3 is 0 Å². The van der Waals surface area contributed by atoms with Crippen LogP contribution in [0.2, 0.25) is 0 Å². The van der Waals surface area contributed by atoms with Gasteiger partial charge in [-0.05, 0) is 30.4 Å². The summed E-state index contributed by atoms with van der Waals surface area (Å²) < 4.78 is 0. The molecule has 1 saturated heterocycles. The molecule has 17 heavy (non-hydrogen) atoms. The van der Waals surface area contributed by atoms with Crippen molar-refractivity contribution in [3.63, 3.8) is 0 Å². The van der Waals surface area contributed by atoms with Crippen LogP contribution < -0.4 is 0 Å². The average Bonchev–Trinajstić information content (AvgIpc) is 2.37. The fraction of sp³-hybridized carbons (Fsp3) is 0.400. The van der Waals surface area contributed by atoms with Gasteiger partial charge in [-0.25, -0.2) is 0 Å². The van der Waals surface area contributed by atoms with Crippen LogP contribution in [0, 0.1) is 5.92 Å². The molecule has 0 unspecified atom stereocenters. The van der Waals surface area contributed by atoms with Gasteiger partial charge in [-0.15, -0.1) is 0 Å². The van der Waals surface area contributed by atoms with Crippen molar-refractivity contribution in [2.75, 3.05) is 13.1 Å². The molecule has 2 rings (SSSR count). The first kappa shape index (κ1) is 11.9. The van der Waals surface area contributed by atoms with Crippen molar-refractivity contribution in [1.29, 1.82) is 0 Å². The van der Waals surface area contributed by atoms with Crippen LogP contribution in [0.25, 0.3) is 6.08 Å². The number of piperidine rings is 1. The molecule has 2 heteroatoms. The van der Waals surface area contributed by atoms with E-state index < -0.39 is 0 Å². The summed E-state index contributed by atoms with van der Waals surface area (Å²) in [5, 5.41) is 0. The van der Waals surface area contributed by atoms with Gasteiger partial charge < -0.3 is 4.90 Å². The molecule has 0 saturated carbocycles. The molecule has 0 N–H and O–H groups in total. The van der Waals surface area contributed by atoms with Crippen molar-refractivity contribution in [2.24, 2.45) is 5.92 Å². The monoisotopic (exact) mass is 229 g/mol. The van der Waals surface area contributed by atoms with Crippen molar-refractivity contribution < 1.29 is 4.79 Å². The quantitative estimate of drug-likeness (QED) is 0.714. The van der Waals surface area contributed by atoms with E-state index in [2.05, 4.69) is 6.92 Å². The fourth-order valence-electron chi connectivity index (χ4n) is 2.23. The largest absolute Gasteiger partial charge is 0.339 e. The molecular weight excluding hydrogens is 210 g/mol. The van der Waals surface area contributed by atoms with E-state index in [1.54, 1.807) is 6.08 Å². The second-order valence-electron chi connectivity index (χ2n) is 4.78. The molecule has 0 spiro atoms. The summed E-state index contributed by atoms with van der Waals surface area (Å²) in [5.74, 6) is 0.776. The van der Waals surface area contributed by atoms with Crippen LogP contribution in [0.15, 0.2) is 36.4 Å². The van der Waals surface area contributed by atoms with E-state index in [0.717, 1.165) is 25.1 Å². The first-order valence-corrected chi connectivity index (χ1v) is 6.28. The molecule has 1 atom stereocenters. The van der Waals surface area contributed by atoms with Gasteiger partial charge in [0.15, 0.2) is 0 Å². The third-order valence-corrected chi connectivity index (χ3v) is 3.19. The van der Waals surface area contributed by atoms with Crippen LogP contribution in [-0.2, 0) is 4.79 Å². The number of carbonyl (C=O) groups excluding carboxylic acids is 1. The molecule has 1 aromatic carbocycles. The normalized spacial score (nSPS) is 20.8. The zero-order chi connectivity index (χ0) is 12.1. The van der Waals surface area contributed by atoms with Crippen LogP contribution in [0.3, 0.4) is 0 Å². The van der Waals surface area contributed by atoms with Crippen LogP contribution >= 0.6 is 0 Å². The Morgan fingerprint density at radius 3 is 2.82 bits per heavy atom. The molecule has 90 valence electrons. The van der Waals surface area contributed by atoms with Crippen molar-refractivity contribution in [3.05, 3.63) is 42.0 Å². The highest BCUT2D eigenvalue weighted by atomic mass is 16.2. The smallest absolute Gasteiger partial charge is 0.246 e. The number of hydrogen-bond acceptors (Lipinski definition) is 1. The molecule has 0 aliphatic carbocycles. The number of likely N-dealkylation sites (tertiary alicyclic amines) is 1. The lowest BCUT2D eigenvalue weighted by atomic mass is 10.0. The standard InChI is InChI=1S/C15H19NO/c1-13-6-5-11-16(12-13)15(17)10-9-14-7-3-2-4-8-14/h2-4,7-10,13H,5-6,11-12H2,1H3/b10-9-/t13-/m1/s1. The number of rotatable bonds is 2. The lowest BCUT2D eigenvalue weighted by Crippen LogP contribution is -2.38. The second kappa shape index (κ2) is 5.67. The lowest BCUT2D eigenvalue weighted by molar-refractivity contribution is -0.127. The lowest BCUT2D eigenvalue weighted by Gasteiger charge is -2.30. The SMILES string of the molecule is C[C@@H]1CCCN(C(=O)/C=C\c2ccccc2)C1. The summed E-state index contributed by atoms with van der Waals surface area (Å²) >= 11 is 0. The summed E-state index contributed by atoms with van der Waals surface area (Å²) in [7, 11) is 0. The molecule has 1 aliphatic rings. The third-order valence-electron chi connectivity index (χ3n) is 3.19. The van der Waals surface area contributed by atoms with E-state index in [4.69, 9.17) is 0 Å². The minimum atomic E-state index is 0.139. The zero-order valence-electron chi connectivity index (χ0n) is 10.3. The zero-order valence-corrected chi connectivity index (χ0v) is 10.3. The van der Waals surface area contributed by atoms with E-state index in [1.807, 2.05) is 41.3 Å². The molecule has 1 amide bonds. The molecule has 1 fully saturated rings. The number of nitrogens with zero attached hydrogens (tertiary/aromatic N) is 1. The Bertz CT molecular complexity index is 397. The van der Waals surface area contributed by atoms with Gasteiger partial charge in [0.2, 0.25) is 5.91 Å². The van der Waals surface area contributed by atoms with Gasteiger partial charge in [0.05, 0.1) is 0 Å². The van der Waals surface area contributed by atoms with Gasteiger partial charge in [-0.3, -0.25) is 4.79 Å². The van der Waals surface area contributed by atoms with Gasteiger partial charge in [0.25, 0.3) is 0 Å². The molecule has 0 bridgehead atoms. The Morgan fingerprint density at radius 1 is 1.35 bits per heavy atom. The summed E-state index contributed by atoms with van der Waals surface area (Å²) in [6.07, 6.45) is 5.95. The maximum atomic E-state index is 12.0. The van der Waals surface area contributed by atoms with Gasteiger partial charge in [-0.1, -0.05) is 37.3 Å². The number of carbonyl (C=O) groups is 1. The Labute approximate surface area is 103 Å². The first-order chi connectivity index (χ1) is 8.25. The third kappa shape index (κ3) is 3.45. The van der Waals surface area contributed by atoms with E-state index in [9.17, 15) is 4.79 Å². The second-order valence-corrected chi connectivity index (χ2v) is 4.78. The van der Waals surface area contributed by atoms with Gasteiger partial charge in [-0.2, -0.15) is 0 Å². The average molecular weight is 229 g/mol. The van der Waals surface area contributed by atoms with Crippen molar-refractivity contribution in [2.45, 2.75) is 19.8 Å². The number of benzene rings is 1.